The lowest BCUT2D eigenvalue weighted by Gasteiger charge is -2.36. The molecule has 0 spiro atoms. The molecule has 1 aliphatic rings. The van der Waals surface area contributed by atoms with Gasteiger partial charge in [0, 0.05) is 31.5 Å². The fraction of sp³-hybridized carbons (Fsp3) is 0.381. The minimum atomic E-state index is -3.56. The molecule has 28 heavy (non-hydrogen) atoms. The van der Waals surface area contributed by atoms with Gasteiger partial charge in [0.25, 0.3) is 0 Å². The van der Waals surface area contributed by atoms with Crippen molar-refractivity contribution in [1.29, 1.82) is 0 Å². The summed E-state index contributed by atoms with van der Waals surface area (Å²) in [5.74, 6) is -0.161. The molecule has 0 saturated heterocycles. The number of para-hydroxylation sites is 1. The zero-order chi connectivity index (χ0) is 20.5. The zero-order valence-electron chi connectivity index (χ0n) is 16.8. The van der Waals surface area contributed by atoms with Gasteiger partial charge in [-0.3, -0.25) is 4.79 Å². The number of nitrogens with zero attached hydrogens (tertiary/aromatic N) is 2. The molecule has 1 aliphatic heterocycles. The van der Waals surface area contributed by atoms with Crippen molar-refractivity contribution >= 4 is 27.3 Å². The second-order valence-corrected chi connectivity index (χ2v) is 9.61. The molecule has 0 fully saturated rings. The summed E-state index contributed by atoms with van der Waals surface area (Å²) in [5.41, 5.74) is 3.68. The molecule has 1 amide bonds. The molecule has 7 heteroatoms. The first-order valence-corrected chi connectivity index (χ1v) is 10.8. The fourth-order valence-electron chi connectivity index (χ4n) is 3.45. The Balaban J connectivity index is 1.81. The van der Waals surface area contributed by atoms with Crippen molar-refractivity contribution in [3.8, 4) is 0 Å². The second kappa shape index (κ2) is 7.93. The lowest BCUT2D eigenvalue weighted by atomic mass is 9.96. The number of amides is 1. The molecular weight excluding hydrogens is 374 g/mol. The van der Waals surface area contributed by atoms with Gasteiger partial charge in [-0.15, -0.1) is 0 Å². The fourth-order valence-corrected chi connectivity index (χ4v) is 4.38. The van der Waals surface area contributed by atoms with Crippen LogP contribution in [0.5, 0.6) is 0 Å². The quantitative estimate of drug-likeness (QED) is 0.836. The molecule has 0 radical (unpaired) electrons. The number of carbonyl (C=O) groups excluding carboxylic acids is 1. The number of carbonyl (C=O) groups is 1. The number of hydrogen-bond donors (Lipinski definition) is 1. The second-order valence-electron chi connectivity index (χ2n) is 7.46. The van der Waals surface area contributed by atoms with Gasteiger partial charge in [-0.1, -0.05) is 24.3 Å². The van der Waals surface area contributed by atoms with Gasteiger partial charge in [0.1, 0.15) is 0 Å². The van der Waals surface area contributed by atoms with Crippen LogP contribution in [0, 0.1) is 6.92 Å². The first-order chi connectivity index (χ1) is 13.2. The van der Waals surface area contributed by atoms with Gasteiger partial charge < -0.3 is 10.2 Å². The van der Waals surface area contributed by atoms with Crippen LogP contribution in [0.25, 0.3) is 0 Å². The molecule has 2 aromatic rings. The largest absolute Gasteiger partial charge is 0.359 e. The molecule has 1 heterocycles. The van der Waals surface area contributed by atoms with Crippen LogP contribution in [0.4, 0.5) is 11.4 Å². The van der Waals surface area contributed by atoms with E-state index in [4.69, 9.17) is 0 Å². The molecular formula is C21H27N3O3S. The van der Waals surface area contributed by atoms with Crippen molar-refractivity contribution < 1.29 is 13.2 Å². The number of sulfonamides is 1. The number of anilines is 2. The number of nitrogens with one attached hydrogen (secondary N) is 1. The van der Waals surface area contributed by atoms with Crippen LogP contribution in [0.2, 0.25) is 0 Å². The third kappa shape index (κ3) is 4.05. The van der Waals surface area contributed by atoms with E-state index in [0.29, 0.717) is 5.69 Å². The van der Waals surface area contributed by atoms with Crippen molar-refractivity contribution in [2.45, 2.75) is 37.6 Å². The SMILES string of the molecule is Cc1ccc(S(=O)(=O)N(C)C)cc1NC(=O)CN1c2ccccc2CCC1C. The predicted octanol–water partition coefficient (Wildman–Crippen LogP) is 3.03. The van der Waals surface area contributed by atoms with E-state index >= 15 is 0 Å². The monoisotopic (exact) mass is 401 g/mol. The minimum Gasteiger partial charge on any atom is -0.359 e. The van der Waals surface area contributed by atoms with E-state index in [1.807, 2.05) is 25.1 Å². The van der Waals surface area contributed by atoms with Crippen molar-refractivity contribution in [3.05, 3.63) is 53.6 Å². The van der Waals surface area contributed by atoms with Gasteiger partial charge in [-0.05, 0) is 56.0 Å². The van der Waals surface area contributed by atoms with Gasteiger partial charge in [0.15, 0.2) is 0 Å². The van der Waals surface area contributed by atoms with E-state index in [9.17, 15) is 13.2 Å². The van der Waals surface area contributed by atoms with Crippen molar-refractivity contribution in [1.82, 2.24) is 4.31 Å². The highest BCUT2D eigenvalue weighted by Crippen LogP contribution is 2.30. The van der Waals surface area contributed by atoms with Crippen LogP contribution in [0.1, 0.15) is 24.5 Å². The molecule has 1 N–H and O–H groups in total. The smallest absolute Gasteiger partial charge is 0.243 e. The van der Waals surface area contributed by atoms with E-state index in [1.54, 1.807) is 12.1 Å². The molecule has 1 unspecified atom stereocenters. The number of fused-ring (bicyclic) bond motifs is 1. The number of rotatable bonds is 5. The Morgan fingerprint density at radius 2 is 1.93 bits per heavy atom. The highest BCUT2D eigenvalue weighted by atomic mass is 32.2. The van der Waals surface area contributed by atoms with Crippen molar-refractivity contribution in [3.63, 3.8) is 0 Å². The molecule has 0 aliphatic carbocycles. The Kier molecular flexibility index (Phi) is 5.76. The standard InChI is InChI=1S/C21H27N3O3S/c1-15-9-12-18(28(26,27)23(3)4)13-19(15)22-21(25)14-24-16(2)10-11-17-7-5-6-8-20(17)24/h5-9,12-13,16H,10-11,14H2,1-4H3,(H,22,25). The van der Waals surface area contributed by atoms with Crippen LogP contribution in [-0.4, -0.2) is 45.3 Å². The van der Waals surface area contributed by atoms with Crippen molar-refractivity contribution in [2.24, 2.45) is 0 Å². The summed E-state index contributed by atoms with van der Waals surface area (Å²) in [6.07, 6.45) is 2.01. The highest BCUT2D eigenvalue weighted by molar-refractivity contribution is 7.89. The van der Waals surface area contributed by atoms with Gasteiger partial charge in [0.2, 0.25) is 15.9 Å². The molecule has 0 bridgehead atoms. The molecule has 0 saturated carbocycles. The van der Waals surface area contributed by atoms with Crippen LogP contribution in [0.3, 0.4) is 0 Å². The number of benzene rings is 2. The van der Waals surface area contributed by atoms with Gasteiger partial charge in [-0.25, -0.2) is 12.7 Å². The average molecular weight is 402 g/mol. The highest BCUT2D eigenvalue weighted by Gasteiger charge is 2.25. The summed E-state index contributed by atoms with van der Waals surface area (Å²) in [7, 11) is -0.579. The lowest BCUT2D eigenvalue weighted by molar-refractivity contribution is -0.115. The van der Waals surface area contributed by atoms with E-state index in [-0.39, 0.29) is 23.4 Å². The third-order valence-corrected chi connectivity index (χ3v) is 7.05. The average Bonchev–Trinajstić information content (AvgIpc) is 2.65. The van der Waals surface area contributed by atoms with Crippen molar-refractivity contribution in [2.75, 3.05) is 30.9 Å². The minimum absolute atomic E-state index is 0.161. The van der Waals surface area contributed by atoms with Gasteiger partial charge in [0.05, 0.1) is 11.4 Å². The maximum absolute atomic E-state index is 12.8. The molecule has 0 aromatic heterocycles. The molecule has 1 atom stereocenters. The van der Waals surface area contributed by atoms with Crippen LogP contribution >= 0.6 is 0 Å². The normalized spacial score (nSPS) is 16.8. The van der Waals surface area contributed by atoms with Crippen LogP contribution < -0.4 is 10.2 Å². The Labute approximate surface area is 167 Å². The Morgan fingerprint density at radius 1 is 1.21 bits per heavy atom. The molecule has 2 aromatic carbocycles. The summed E-state index contributed by atoms with van der Waals surface area (Å²) >= 11 is 0. The first kappa shape index (κ1) is 20.4. The summed E-state index contributed by atoms with van der Waals surface area (Å²) in [4.78, 5) is 15.0. The van der Waals surface area contributed by atoms with Gasteiger partial charge >= 0.3 is 0 Å². The summed E-state index contributed by atoms with van der Waals surface area (Å²) in [6, 6.07) is 13.2. The van der Waals surface area contributed by atoms with E-state index < -0.39 is 10.0 Å². The maximum Gasteiger partial charge on any atom is 0.243 e. The topological polar surface area (TPSA) is 69.7 Å². The third-order valence-electron chi connectivity index (χ3n) is 5.24. The summed E-state index contributed by atoms with van der Waals surface area (Å²) in [6.45, 7) is 4.20. The van der Waals surface area contributed by atoms with E-state index in [0.717, 1.165) is 28.4 Å². The Hall–Kier alpha value is -2.38. The predicted molar refractivity (Wildman–Crippen MR) is 112 cm³/mol. The Morgan fingerprint density at radius 3 is 2.64 bits per heavy atom. The molecule has 150 valence electrons. The Bertz CT molecular complexity index is 986. The van der Waals surface area contributed by atoms with E-state index in [1.165, 1.54) is 25.7 Å². The first-order valence-electron chi connectivity index (χ1n) is 9.37. The zero-order valence-corrected chi connectivity index (χ0v) is 17.6. The van der Waals surface area contributed by atoms with Gasteiger partial charge in [-0.2, -0.15) is 0 Å². The molecule has 3 rings (SSSR count). The van der Waals surface area contributed by atoms with E-state index in [2.05, 4.69) is 23.2 Å². The van der Waals surface area contributed by atoms with Crippen LogP contribution in [-0.2, 0) is 21.2 Å². The maximum atomic E-state index is 12.8. The summed E-state index contributed by atoms with van der Waals surface area (Å²) < 4.78 is 25.9. The lowest BCUT2D eigenvalue weighted by Crippen LogP contribution is -2.42. The molecule has 6 nitrogen and oxygen atoms in total. The van der Waals surface area contributed by atoms with Crippen LogP contribution in [0.15, 0.2) is 47.4 Å². The number of aryl methyl sites for hydroxylation is 2. The number of hydrogen-bond acceptors (Lipinski definition) is 4. The summed E-state index contributed by atoms with van der Waals surface area (Å²) in [5, 5.41) is 2.90.